The van der Waals surface area contributed by atoms with E-state index in [0.29, 0.717) is 5.92 Å². The Bertz CT molecular complexity index is 506. The fourth-order valence-corrected chi connectivity index (χ4v) is 2.34. The quantitative estimate of drug-likeness (QED) is 0.821. The van der Waals surface area contributed by atoms with E-state index in [1.165, 1.54) is 0 Å². The second-order valence-electron chi connectivity index (χ2n) is 4.27. The highest BCUT2D eigenvalue weighted by molar-refractivity contribution is 5.85. The van der Waals surface area contributed by atoms with Crippen molar-refractivity contribution < 1.29 is 9.63 Å². The SMILES string of the molecule is Cl.Oc1ccc2onc(C3CCNCC3)c2c1. The highest BCUT2D eigenvalue weighted by Crippen LogP contribution is 2.32. The van der Waals surface area contributed by atoms with Gasteiger partial charge in [-0.05, 0) is 44.1 Å². The van der Waals surface area contributed by atoms with Crippen molar-refractivity contribution in [1.29, 1.82) is 0 Å². The number of nitrogens with one attached hydrogen (secondary N) is 1. The lowest BCUT2D eigenvalue weighted by atomic mass is 9.92. The summed E-state index contributed by atoms with van der Waals surface area (Å²) in [6.07, 6.45) is 2.16. The molecule has 5 heteroatoms. The summed E-state index contributed by atoms with van der Waals surface area (Å²) >= 11 is 0. The van der Waals surface area contributed by atoms with E-state index in [1.54, 1.807) is 18.2 Å². The zero-order valence-corrected chi connectivity index (χ0v) is 10.2. The number of phenolic OH excluding ortho intramolecular Hbond substituents is 1. The molecule has 3 rings (SSSR count). The predicted molar refractivity (Wildman–Crippen MR) is 67.8 cm³/mol. The van der Waals surface area contributed by atoms with Gasteiger partial charge < -0.3 is 14.9 Å². The van der Waals surface area contributed by atoms with Crippen LogP contribution in [-0.2, 0) is 0 Å². The Hall–Kier alpha value is -1.26. The zero-order chi connectivity index (χ0) is 11.0. The third kappa shape index (κ3) is 2.23. The van der Waals surface area contributed by atoms with Crippen LogP contribution in [-0.4, -0.2) is 23.4 Å². The topological polar surface area (TPSA) is 58.3 Å². The van der Waals surface area contributed by atoms with Crippen LogP contribution < -0.4 is 5.32 Å². The Morgan fingerprint density at radius 2 is 2.06 bits per heavy atom. The molecule has 0 amide bonds. The molecule has 1 fully saturated rings. The minimum absolute atomic E-state index is 0. The third-order valence-corrected chi connectivity index (χ3v) is 3.21. The maximum absolute atomic E-state index is 9.49. The predicted octanol–water partition coefficient (Wildman–Crippen LogP) is 2.42. The van der Waals surface area contributed by atoms with Crippen molar-refractivity contribution in [3.05, 3.63) is 23.9 Å². The summed E-state index contributed by atoms with van der Waals surface area (Å²) in [6.45, 7) is 2.05. The van der Waals surface area contributed by atoms with Crippen LogP contribution in [0.1, 0.15) is 24.5 Å². The van der Waals surface area contributed by atoms with Crippen LogP contribution in [0.3, 0.4) is 0 Å². The Morgan fingerprint density at radius 3 is 2.82 bits per heavy atom. The van der Waals surface area contributed by atoms with E-state index in [2.05, 4.69) is 10.5 Å². The highest BCUT2D eigenvalue weighted by Gasteiger charge is 2.21. The third-order valence-electron chi connectivity index (χ3n) is 3.21. The van der Waals surface area contributed by atoms with E-state index < -0.39 is 0 Å². The second kappa shape index (κ2) is 4.94. The molecule has 0 spiro atoms. The van der Waals surface area contributed by atoms with E-state index in [9.17, 15) is 5.11 Å². The molecule has 2 heterocycles. The van der Waals surface area contributed by atoms with Gasteiger partial charge in [0, 0.05) is 11.3 Å². The number of fused-ring (bicyclic) bond motifs is 1. The molecule has 4 nitrogen and oxygen atoms in total. The normalized spacial score (nSPS) is 16.9. The van der Waals surface area contributed by atoms with Gasteiger partial charge >= 0.3 is 0 Å². The molecule has 1 aliphatic heterocycles. The van der Waals surface area contributed by atoms with Crippen molar-refractivity contribution in [2.75, 3.05) is 13.1 Å². The summed E-state index contributed by atoms with van der Waals surface area (Å²) in [6, 6.07) is 5.13. The summed E-state index contributed by atoms with van der Waals surface area (Å²) < 4.78 is 5.28. The largest absolute Gasteiger partial charge is 0.508 e. The summed E-state index contributed by atoms with van der Waals surface area (Å²) in [5, 5.41) is 17.9. The number of hydrogen-bond donors (Lipinski definition) is 2. The van der Waals surface area contributed by atoms with E-state index >= 15 is 0 Å². The summed E-state index contributed by atoms with van der Waals surface area (Å²) in [5.41, 5.74) is 1.75. The van der Waals surface area contributed by atoms with Gasteiger partial charge in [-0.3, -0.25) is 0 Å². The first kappa shape index (κ1) is 12.2. The number of benzene rings is 1. The zero-order valence-electron chi connectivity index (χ0n) is 9.35. The number of halogens is 1. The Morgan fingerprint density at radius 1 is 1.29 bits per heavy atom. The monoisotopic (exact) mass is 254 g/mol. The van der Waals surface area contributed by atoms with Crippen LogP contribution in [0.5, 0.6) is 5.75 Å². The van der Waals surface area contributed by atoms with Crippen molar-refractivity contribution in [2.45, 2.75) is 18.8 Å². The molecule has 0 radical (unpaired) electrons. The van der Waals surface area contributed by atoms with Gasteiger partial charge in [0.25, 0.3) is 0 Å². The molecule has 92 valence electrons. The molecule has 0 unspecified atom stereocenters. The average molecular weight is 255 g/mol. The molecule has 1 aliphatic rings. The van der Waals surface area contributed by atoms with Gasteiger partial charge in [0.05, 0.1) is 5.69 Å². The number of piperidine rings is 1. The maximum Gasteiger partial charge on any atom is 0.167 e. The number of phenols is 1. The molecule has 0 aliphatic carbocycles. The first-order valence-corrected chi connectivity index (χ1v) is 5.63. The van der Waals surface area contributed by atoms with Gasteiger partial charge in [0.1, 0.15) is 5.75 Å². The molecule has 0 saturated carbocycles. The lowest BCUT2D eigenvalue weighted by Gasteiger charge is -2.20. The van der Waals surface area contributed by atoms with E-state index in [4.69, 9.17) is 4.52 Å². The smallest absolute Gasteiger partial charge is 0.167 e. The fourth-order valence-electron chi connectivity index (χ4n) is 2.34. The standard InChI is InChI=1S/C12H14N2O2.ClH/c15-9-1-2-11-10(7-9)12(14-16-11)8-3-5-13-6-4-8;/h1-2,7-8,13,15H,3-6H2;1H. The molecule has 2 N–H and O–H groups in total. The molecule has 1 aromatic carbocycles. The summed E-state index contributed by atoms with van der Waals surface area (Å²) in [4.78, 5) is 0. The molecule has 17 heavy (non-hydrogen) atoms. The molecule has 0 atom stereocenters. The van der Waals surface area contributed by atoms with Crippen LogP contribution in [0.15, 0.2) is 22.7 Å². The number of nitrogens with zero attached hydrogens (tertiary/aromatic N) is 1. The molecule has 0 bridgehead atoms. The Balaban J connectivity index is 0.00000108. The van der Waals surface area contributed by atoms with Crippen LogP contribution in [0, 0.1) is 0 Å². The molecule has 1 aromatic heterocycles. The number of aromatic hydroxyl groups is 1. The number of rotatable bonds is 1. The minimum atomic E-state index is 0. The van der Waals surface area contributed by atoms with Gasteiger partial charge in [-0.1, -0.05) is 5.16 Å². The first-order valence-electron chi connectivity index (χ1n) is 5.63. The minimum Gasteiger partial charge on any atom is -0.508 e. The molecular formula is C12H15ClN2O2. The average Bonchev–Trinajstić information content (AvgIpc) is 2.73. The van der Waals surface area contributed by atoms with Crippen molar-refractivity contribution >= 4 is 23.4 Å². The van der Waals surface area contributed by atoms with Gasteiger partial charge in [0.15, 0.2) is 5.58 Å². The van der Waals surface area contributed by atoms with Gasteiger partial charge in [-0.2, -0.15) is 0 Å². The van der Waals surface area contributed by atoms with Crippen molar-refractivity contribution in [1.82, 2.24) is 10.5 Å². The Labute approximate surface area is 105 Å². The van der Waals surface area contributed by atoms with E-state index in [-0.39, 0.29) is 18.2 Å². The second-order valence-corrected chi connectivity index (χ2v) is 4.27. The highest BCUT2D eigenvalue weighted by atomic mass is 35.5. The number of aromatic nitrogens is 1. The summed E-state index contributed by atoms with van der Waals surface area (Å²) in [7, 11) is 0. The maximum atomic E-state index is 9.49. The fraction of sp³-hybridized carbons (Fsp3) is 0.417. The summed E-state index contributed by atoms with van der Waals surface area (Å²) in [5.74, 6) is 0.718. The van der Waals surface area contributed by atoms with Crippen LogP contribution in [0.25, 0.3) is 11.0 Å². The Kier molecular flexibility index (Phi) is 3.54. The number of hydrogen-bond acceptors (Lipinski definition) is 4. The first-order chi connectivity index (χ1) is 7.84. The van der Waals surface area contributed by atoms with Gasteiger partial charge in [-0.15, -0.1) is 12.4 Å². The van der Waals surface area contributed by atoms with Crippen LogP contribution >= 0.6 is 12.4 Å². The van der Waals surface area contributed by atoms with Crippen molar-refractivity contribution in [2.24, 2.45) is 0 Å². The van der Waals surface area contributed by atoms with Crippen LogP contribution in [0.4, 0.5) is 0 Å². The molecule has 1 saturated heterocycles. The lowest BCUT2D eigenvalue weighted by molar-refractivity contribution is 0.404. The molecule has 2 aromatic rings. The van der Waals surface area contributed by atoms with Gasteiger partial charge in [-0.25, -0.2) is 0 Å². The van der Waals surface area contributed by atoms with Crippen molar-refractivity contribution in [3.63, 3.8) is 0 Å². The van der Waals surface area contributed by atoms with Crippen LogP contribution in [0.2, 0.25) is 0 Å². The van der Waals surface area contributed by atoms with Gasteiger partial charge in [0.2, 0.25) is 0 Å². The molecular weight excluding hydrogens is 240 g/mol. The lowest BCUT2D eigenvalue weighted by Crippen LogP contribution is -2.26. The van der Waals surface area contributed by atoms with E-state index in [0.717, 1.165) is 42.6 Å². The van der Waals surface area contributed by atoms with Crippen molar-refractivity contribution in [3.8, 4) is 5.75 Å². The van der Waals surface area contributed by atoms with E-state index in [1.807, 2.05) is 0 Å².